The lowest BCUT2D eigenvalue weighted by molar-refractivity contribution is 0.232. The minimum atomic E-state index is 0.786. The number of ether oxygens (including phenoxy) is 2. The lowest BCUT2D eigenvalue weighted by Gasteiger charge is -2.28. The van der Waals surface area contributed by atoms with Gasteiger partial charge in [0.1, 0.15) is 0 Å². The fourth-order valence-corrected chi connectivity index (χ4v) is 3.36. The van der Waals surface area contributed by atoms with E-state index >= 15 is 0 Å². The van der Waals surface area contributed by atoms with E-state index in [1.165, 1.54) is 11.1 Å². The van der Waals surface area contributed by atoms with Gasteiger partial charge in [0.25, 0.3) is 0 Å². The van der Waals surface area contributed by atoms with Crippen LogP contribution in [0.4, 0.5) is 0 Å². The first-order valence-corrected chi connectivity index (χ1v) is 7.85. The zero-order chi connectivity index (χ0) is 14.5. The van der Waals surface area contributed by atoms with Crippen LogP contribution in [0.25, 0.3) is 0 Å². The van der Waals surface area contributed by atoms with E-state index in [1.807, 2.05) is 0 Å². The smallest absolute Gasteiger partial charge is 0.175 e. The maximum Gasteiger partial charge on any atom is 0.175 e. The lowest BCUT2D eigenvalue weighted by atomic mass is 10.0. The largest absolute Gasteiger partial charge is 0.493 e. The molecule has 1 N–H and O–H groups in total. The van der Waals surface area contributed by atoms with Crippen LogP contribution in [0.5, 0.6) is 11.5 Å². The third-order valence-electron chi connectivity index (χ3n) is 3.75. The van der Waals surface area contributed by atoms with Gasteiger partial charge in [0.15, 0.2) is 11.5 Å². The van der Waals surface area contributed by atoms with E-state index in [-0.39, 0.29) is 0 Å². The Balaban J connectivity index is 2.33. The first-order valence-electron chi connectivity index (χ1n) is 7.06. The van der Waals surface area contributed by atoms with Crippen LogP contribution >= 0.6 is 15.9 Å². The second-order valence-corrected chi connectivity index (χ2v) is 5.80. The second-order valence-electron chi connectivity index (χ2n) is 4.94. The lowest BCUT2D eigenvalue weighted by Crippen LogP contribution is -2.43. The molecule has 5 heteroatoms. The van der Waals surface area contributed by atoms with Crippen molar-refractivity contribution in [1.82, 2.24) is 10.2 Å². The van der Waals surface area contributed by atoms with Crippen LogP contribution in [0.3, 0.4) is 0 Å². The molecule has 1 heterocycles. The zero-order valence-corrected chi connectivity index (χ0v) is 14.0. The Labute approximate surface area is 129 Å². The standard InChI is InChI=1S/C15H23BrN2O2/c1-4-12-11(10-18-7-5-17-6-8-18)9-13(16)15(20-3)14(12)19-2/h9,17H,4-8,10H2,1-3H3. The van der Waals surface area contributed by atoms with E-state index in [2.05, 4.69) is 39.1 Å². The number of benzene rings is 1. The topological polar surface area (TPSA) is 33.7 Å². The molecule has 0 aliphatic carbocycles. The van der Waals surface area contributed by atoms with Crippen molar-refractivity contribution in [2.24, 2.45) is 0 Å². The molecular formula is C15H23BrN2O2. The van der Waals surface area contributed by atoms with Gasteiger partial charge in [0.05, 0.1) is 18.7 Å². The molecule has 4 nitrogen and oxygen atoms in total. The molecule has 0 amide bonds. The number of hydrogen-bond acceptors (Lipinski definition) is 4. The van der Waals surface area contributed by atoms with Gasteiger partial charge in [-0.25, -0.2) is 0 Å². The summed E-state index contributed by atoms with van der Waals surface area (Å²) in [5.74, 6) is 1.64. The number of methoxy groups -OCH3 is 2. The van der Waals surface area contributed by atoms with Crippen LogP contribution in [-0.2, 0) is 13.0 Å². The monoisotopic (exact) mass is 342 g/mol. The number of rotatable bonds is 5. The summed E-state index contributed by atoms with van der Waals surface area (Å²) in [7, 11) is 3.38. The van der Waals surface area contributed by atoms with E-state index in [0.717, 1.165) is 55.1 Å². The molecule has 0 saturated carbocycles. The average Bonchev–Trinajstić information content (AvgIpc) is 2.47. The fourth-order valence-electron chi connectivity index (χ4n) is 2.74. The van der Waals surface area contributed by atoms with E-state index < -0.39 is 0 Å². The Morgan fingerprint density at radius 2 is 1.85 bits per heavy atom. The summed E-state index contributed by atoms with van der Waals surface area (Å²) < 4.78 is 12.0. The van der Waals surface area contributed by atoms with Gasteiger partial charge >= 0.3 is 0 Å². The van der Waals surface area contributed by atoms with Crippen molar-refractivity contribution in [2.45, 2.75) is 19.9 Å². The number of hydrogen-bond donors (Lipinski definition) is 1. The Hall–Kier alpha value is -0.780. The number of nitrogens with zero attached hydrogens (tertiary/aromatic N) is 1. The van der Waals surface area contributed by atoms with Crippen molar-refractivity contribution in [1.29, 1.82) is 0 Å². The fraction of sp³-hybridized carbons (Fsp3) is 0.600. The highest BCUT2D eigenvalue weighted by Gasteiger charge is 2.19. The van der Waals surface area contributed by atoms with Gasteiger partial charge in [-0.2, -0.15) is 0 Å². The van der Waals surface area contributed by atoms with Crippen molar-refractivity contribution >= 4 is 15.9 Å². The summed E-state index contributed by atoms with van der Waals surface area (Å²) in [5.41, 5.74) is 2.56. The summed E-state index contributed by atoms with van der Waals surface area (Å²) in [5, 5.41) is 3.39. The average molecular weight is 343 g/mol. The third kappa shape index (κ3) is 3.27. The summed E-state index contributed by atoms with van der Waals surface area (Å²) in [4.78, 5) is 2.48. The molecule has 0 bridgehead atoms. The van der Waals surface area contributed by atoms with Crippen LogP contribution in [0.1, 0.15) is 18.1 Å². The quantitative estimate of drug-likeness (QED) is 0.890. The van der Waals surface area contributed by atoms with Crippen molar-refractivity contribution in [3.8, 4) is 11.5 Å². The number of halogens is 1. The normalized spacial score (nSPS) is 16.2. The Bertz CT molecular complexity index is 460. The molecule has 1 aliphatic rings. The highest BCUT2D eigenvalue weighted by atomic mass is 79.9. The van der Waals surface area contributed by atoms with Gasteiger partial charge in [-0.05, 0) is 34.0 Å². The molecule has 2 rings (SSSR count). The van der Waals surface area contributed by atoms with Gasteiger partial charge in [-0.1, -0.05) is 6.92 Å². The highest BCUT2D eigenvalue weighted by Crippen LogP contribution is 2.40. The van der Waals surface area contributed by atoms with Crippen LogP contribution in [-0.4, -0.2) is 45.3 Å². The summed E-state index contributed by atoms with van der Waals surface area (Å²) in [6.45, 7) is 7.44. The van der Waals surface area contributed by atoms with Gasteiger partial charge in [-0.3, -0.25) is 4.90 Å². The first-order chi connectivity index (χ1) is 9.71. The Morgan fingerprint density at radius 3 is 2.40 bits per heavy atom. The maximum atomic E-state index is 5.58. The Morgan fingerprint density at radius 1 is 1.20 bits per heavy atom. The molecular weight excluding hydrogens is 320 g/mol. The summed E-state index contributed by atoms with van der Waals surface area (Å²) in [6, 6.07) is 2.17. The molecule has 1 aliphatic heterocycles. The number of piperazine rings is 1. The highest BCUT2D eigenvalue weighted by molar-refractivity contribution is 9.10. The molecule has 20 heavy (non-hydrogen) atoms. The molecule has 1 aromatic rings. The van der Waals surface area contributed by atoms with E-state index in [0.29, 0.717) is 0 Å². The van der Waals surface area contributed by atoms with Crippen LogP contribution in [0.15, 0.2) is 10.5 Å². The molecule has 0 atom stereocenters. The van der Waals surface area contributed by atoms with Gasteiger partial charge in [-0.15, -0.1) is 0 Å². The molecule has 1 aromatic carbocycles. The summed E-state index contributed by atoms with van der Waals surface area (Å²) >= 11 is 3.59. The van der Waals surface area contributed by atoms with Crippen LogP contribution < -0.4 is 14.8 Å². The molecule has 0 radical (unpaired) electrons. The molecule has 112 valence electrons. The molecule has 1 fully saturated rings. The van der Waals surface area contributed by atoms with Gasteiger partial charge in [0.2, 0.25) is 0 Å². The summed E-state index contributed by atoms with van der Waals surface area (Å²) in [6.07, 6.45) is 0.939. The Kier molecular flexibility index (Phi) is 5.69. The van der Waals surface area contributed by atoms with Crippen molar-refractivity contribution < 1.29 is 9.47 Å². The molecule has 0 aromatic heterocycles. The van der Waals surface area contributed by atoms with E-state index in [1.54, 1.807) is 14.2 Å². The van der Waals surface area contributed by atoms with Crippen molar-refractivity contribution in [3.05, 3.63) is 21.7 Å². The van der Waals surface area contributed by atoms with E-state index in [9.17, 15) is 0 Å². The van der Waals surface area contributed by atoms with Crippen LogP contribution in [0.2, 0.25) is 0 Å². The van der Waals surface area contributed by atoms with Gasteiger partial charge < -0.3 is 14.8 Å². The predicted octanol–water partition coefficient (Wildman–Crippen LogP) is 2.43. The maximum absolute atomic E-state index is 5.58. The SMILES string of the molecule is CCc1c(CN2CCNCC2)cc(Br)c(OC)c1OC. The van der Waals surface area contributed by atoms with Gasteiger partial charge in [0, 0.05) is 38.3 Å². The third-order valence-corrected chi connectivity index (χ3v) is 4.34. The first kappa shape index (κ1) is 15.6. The molecule has 0 unspecified atom stereocenters. The molecule has 0 spiro atoms. The minimum Gasteiger partial charge on any atom is -0.493 e. The predicted molar refractivity (Wildman–Crippen MR) is 84.8 cm³/mol. The molecule has 1 saturated heterocycles. The second kappa shape index (κ2) is 7.29. The van der Waals surface area contributed by atoms with E-state index in [4.69, 9.17) is 9.47 Å². The minimum absolute atomic E-state index is 0.786. The van der Waals surface area contributed by atoms with Crippen molar-refractivity contribution in [3.63, 3.8) is 0 Å². The van der Waals surface area contributed by atoms with Crippen LogP contribution in [0, 0.1) is 0 Å². The zero-order valence-electron chi connectivity index (χ0n) is 12.5. The number of nitrogens with one attached hydrogen (secondary N) is 1. The van der Waals surface area contributed by atoms with Crippen molar-refractivity contribution in [2.75, 3.05) is 40.4 Å².